The molecule has 1 aromatic heterocycles. The number of hydrogen-bond donors (Lipinski definition) is 1. The Hall–Kier alpha value is -2.18. The van der Waals surface area contributed by atoms with Gasteiger partial charge in [-0.25, -0.2) is 0 Å². The summed E-state index contributed by atoms with van der Waals surface area (Å²) in [7, 11) is 5.61. The molecule has 6 heteroatoms. The average molecular weight is 385 g/mol. The van der Waals surface area contributed by atoms with Crippen molar-refractivity contribution in [2.24, 2.45) is 13.0 Å². The van der Waals surface area contributed by atoms with Gasteiger partial charge in [0.15, 0.2) is 0 Å². The molecule has 0 unspecified atom stereocenters. The number of likely N-dealkylation sites (tertiary alicyclic amines) is 1. The number of nitrogens with one attached hydrogen (secondary N) is 1. The fraction of sp³-hybridized carbons (Fsp3) is 0.545. The first-order valence-electron chi connectivity index (χ1n) is 9.94. The van der Waals surface area contributed by atoms with Crippen molar-refractivity contribution in [3.63, 3.8) is 0 Å². The van der Waals surface area contributed by atoms with E-state index in [1.165, 1.54) is 11.1 Å². The second-order valence-electron chi connectivity index (χ2n) is 7.87. The number of carbonyl (C=O) groups excluding carboxylic acids is 1. The van der Waals surface area contributed by atoms with Crippen molar-refractivity contribution in [2.45, 2.75) is 38.8 Å². The number of amides is 1. The monoisotopic (exact) mass is 384 g/mol. The minimum Gasteiger partial charge on any atom is -0.383 e. The quantitative estimate of drug-likeness (QED) is 0.759. The van der Waals surface area contributed by atoms with E-state index in [1.54, 1.807) is 7.11 Å². The molecule has 1 amide bonds. The van der Waals surface area contributed by atoms with Crippen LogP contribution in [0.2, 0.25) is 0 Å². The van der Waals surface area contributed by atoms with E-state index >= 15 is 0 Å². The maximum atomic E-state index is 12.5. The van der Waals surface area contributed by atoms with Crippen LogP contribution in [0.1, 0.15) is 35.0 Å². The molecule has 6 nitrogen and oxygen atoms in total. The van der Waals surface area contributed by atoms with Gasteiger partial charge in [0.25, 0.3) is 0 Å². The normalized spacial score (nSPS) is 20.8. The number of carbonyl (C=O) groups is 1. The van der Waals surface area contributed by atoms with Crippen molar-refractivity contribution in [3.05, 3.63) is 52.8 Å². The molecule has 0 aliphatic carbocycles. The molecule has 1 fully saturated rings. The van der Waals surface area contributed by atoms with E-state index in [0.717, 1.165) is 24.4 Å². The Bertz CT molecular complexity index is 802. The maximum Gasteiger partial charge on any atom is 0.223 e. The van der Waals surface area contributed by atoms with Gasteiger partial charge < -0.3 is 15.0 Å². The van der Waals surface area contributed by atoms with Crippen molar-refractivity contribution in [1.29, 1.82) is 0 Å². The van der Waals surface area contributed by atoms with Gasteiger partial charge in [0, 0.05) is 57.4 Å². The SMILES string of the molecule is COC[C@@H](Cc1ccccc1)NC[C@@H]1CC(=O)N(C)[C@H]1c1c(C)nn(C)c1C. The van der Waals surface area contributed by atoms with Gasteiger partial charge in [0.05, 0.1) is 18.3 Å². The summed E-state index contributed by atoms with van der Waals surface area (Å²) in [6.45, 7) is 5.53. The Morgan fingerprint density at radius 2 is 1.96 bits per heavy atom. The molecule has 2 heterocycles. The van der Waals surface area contributed by atoms with Gasteiger partial charge in [0.1, 0.15) is 0 Å². The van der Waals surface area contributed by atoms with Crippen LogP contribution in [-0.2, 0) is 23.0 Å². The van der Waals surface area contributed by atoms with Crippen LogP contribution in [0, 0.1) is 19.8 Å². The molecule has 28 heavy (non-hydrogen) atoms. The van der Waals surface area contributed by atoms with Crippen LogP contribution in [0.4, 0.5) is 0 Å². The van der Waals surface area contributed by atoms with Crippen molar-refractivity contribution < 1.29 is 9.53 Å². The number of ether oxygens (including phenoxy) is 1. The minimum absolute atomic E-state index is 0.0635. The summed E-state index contributed by atoms with van der Waals surface area (Å²) >= 11 is 0. The zero-order valence-electron chi connectivity index (χ0n) is 17.6. The highest BCUT2D eigenvalue weighted by Crippen LogP contribution is 2.39. The van der Waals surface area contributed by atoms with E-state index in [9.17, 15) is 4.79 Å². The summed E-state index contributed by atoms with van der Waals surface area (Å²) in [5.41, 5.74) is 4.61. The lowest BCUT2D eigenvalue weighted by Gasteiger charge is -2.27. The van der Waals surface area contributed by atoms with Crippen molar-refractivity contribution in [2.75, 3.05) is 27.3 Å². The summed E-state index contributed by atoms with van der Waals surface area (Å²) in [4.78, 5) is 14.4. The summed E-state index contributed by atoms with van der Waals surface area (Å²) in [6, 6.07) is 10.7. The molecular formula is C22H32N4O2. The van der Waals surface area contributed by atoms with Gasteiger partial charge >= 0.3 is 0 Å². The van der Waals surface area contributed by atoms with E-state index < -0.39 is 0 Å². The Balaban J connectivity index is 1.74. The summed E-state index contributed by atoms with van der Waals surface area (Å²) in [6.07, 6.45) is 1.47. The van der Waals surface area contributed by atoms with E-state index in [1.807, 2.05) is 36.7 Å². The molecule has 1 aromatic carbocycles. The van der Waals surface area contributed by atoms with Gasteiger partial charge in [-0.05, 0) is 25.8 Å². The molecule has 1 aliphatic rings. The van der Waals surface area contributed by atoms with Crippen LogP contribution in [0.15, 0.2) is 30.3 Å². The highest BCUT2D eigenvalue weighted by molar-refractivity contribution is 5.79. The van der Waals surface area contributed by atoms with Crippen molar-refractivity contribution in [1.82, 2.24) is 20.0 Å². The Labute approximate surface area is 167 Å². The van der Waals surface area contributed by atoms with Crippen LogP contribution in [0.25, 0.3) is 0 Å². The topological polar surface area (TPSA) is 59.4 Å². The van der Waals surface area contributed by atoms with E-state index in [2.05, 4.69) is 41.6 Å². The highest BCUT2D eigenvalue weighted by Gasteiger charge is 2.40. The van der Waals surface area contributed by atoms with Crippen LogP contribution in [0.5, 0.6) is 0 Å². The highest BCUT2D eigenvalue weighted by atomic mass is 16.5. The number of nitrogens with zero attached hydrogens (tertiary/aromatic N) is 3. The van der Waals surface area contributed by atoms with Gasteiger partial charge in [0.2, 0.25) is 5.91 Å². The molecule has 152 valence electrons. The van der Waals surface area contributed by atoms with E-state index in [0.29, 0.717) is 13.0 Å². The van der Waals surface area contributed by atoms with Crippen LogP contribution in [-0.4, -0.2) is 53.9 Å². The third-order valence-corrected chi connectivity index (χ3v) is 5.92. The van der Waals surface area contributed by atoms with Gasteiger partial charge in [-0.15, -0.1) is 0 Å². The first-order chi connectivity index (χ1) is 13.4. The summed E-state index contributed by atoms with van der Waals surface area (Å²) < 4.78 is 7.35. The molecule has 3 rings (SSSR count). The van der Waals surface area contributed by atoms with Gasteiger partial charge in [-0.3, -0.25) is 9.48 Å². The molecule has 1 saturated heterocycles. The number of methoxy groups -OCH3 is 1. The summed E-state index contributed by atoms with van der Waals surface area (Å²) in [5, 5.41) is 8.23. The van der Waals surface area contributed by atoms with Gasteiger partial charge in [-0.1, -0.05) is 30.3 Å². The Morgan fingerprint density at radius 3 is 2.57 bits per heavy atom. The zero-order valence-corrected chi connectivity index (χ0v) is 17.6. The minimum atomic E-state index is 0.0635. The number of aryl methyl sites for hydroxylation is 2. The van der Waals surface area contributed by atoms with Gasteiger partial charge in [-0.2, -0.15) is 5.10 Å². The van der Waals surface area contributed by atoms with Crippen molar-refractivity contribution >= 4 is 5.91 Å². The van der Waals surface area contributed by atoms with Crippen LogP contribution in [0.3, 0.4) is 0 Å². The largest absolute Gasteiger partial charge is 0.383 e. The molecule has 0 spiro atoms. The molecular weight excluding hydrogens is 352 g/mol. The molecule has 0 bridgehead atoms. The van der Waals surface area contributed by atoms with Crippen molar-refractivity contribution in [3.8, 4) is 0 Å². The molecule has 2 aromatic rings. The second-order valence-corrected chi connectivity index (χ2v) is 7.87. The molecule has 0 radical (unpaired) electrons. The summed E-state index contributed by atoms with van der Waals surface area (Å²) in [5.74, 6) is 0.417. The first kappa shape index (κ1) is 20.6. The van der Waals surface area contributed by atoms with Crippen LogP contribution >= 0.6 is 0 Å². The number of rotatable bonds is 8. The molecule has 1 aliphatic heterocycles. The number of benzene rings is 1. The fourth-order valence-electron chi connectivity index (χ4n) is 4.39. The molecule has 0 saturated carbocycles. The number of aromatic nitrogens is 2. The average Bonchev–Trinajstić information content (AvgIpc) is 3.08. The Kier molecular flexibility index (Phi) is 6.52. The van der Waals surface area contributed by atoms with Crippen LogP contribution < -0.4 is 5.32 Å². The second kappa shape index (κ2) is 8.88. The van der Waals surface area contributed by atoms with E-state index in [-0.39, 0.29) is 23.9 Å². The Morgan fingerprint density at radius 1 is 1.25 bits per heavy atom. The molecule has 3 atom stereocenters. The number of hydrogen-bond acceptors (Lipinski definition) is 4. The predicted octanol–water partition coefficient (Wildman–Crippen LogP) is 2.40. The lowest BCUT2D eigenvalue weighted by molar-refractivity contribution is -0.127. The standard InChI is InChI=1S/C22H32N4O2/c1-15-21(16(2)26(4)24-15)22-18(12-20(27)25(22)3)13-23-19(14-28-5)11-17-9-7-6-8-10-17/h6-10,18-19,22-23H,11-14H2,1-5H3/t18-,19+,22+/m0/s1. The first-order valence-corrected chi connectivity index (χ1v) is 9.94. The fourth-order valence-corrected chi connectivity index (χ4v) is 4.39. The maximum absolute atomic E-state index is 12.5. The smallest absolute Gasteiger partial charge is 0.223 e. The third-order valence-electron chi connectivity index (χ3n) is 5.92. The zero-order chi connectivity index (χ0) is 20.3. The predicted molar refractivity (Wildman–Crippen MR) is 110 cm³/mol. The molecule has 1 N–H and O–H groups in total. The third kappa shape index (κ3) is 4.28. The van der Waals surface area contributed by atoms with E-state index in [4.69, 9.17) is 4.74 Å². The lowest BCUT2D eigenvalue weighted by Crippen LogP contribution is -2.39. The lowest BCUT2D eigenvalue weighted by atomic mass is 9.91.